The molecular formula is C12H23N3O. The average molecular weight is 225 g/mol. The minimum absolute atomic E-state index is 0.124. The van der Waals surface area contributed by atoms with Gasteiger partial charge in [-0.1, -0.05) is 6.92 Å². The van der Waals surface area contributed by atoms with Crippen LogP contribution in [0.5, 0.6) is 0 Å². The third-order valence-electron chi connectivity index (χ3n) is 3.11. The van der Waals surface area contributed by atoms with Gasteiger partial charge in [0.2, 0.25) is 0 Å². The Morgan fingerprint density at radius 2 is 2.25 bits per heavy atom. The second-order valence-electron chi connectivity index (χ2n) is 4.24. The zero-order chi connectivity index (χ0) is 12.2. The van der Waals surface area contributed by atoms with Gasteiger partial charge in [0.05, 0.1) is 17.3 Å². The molecule has 2 unspecified atom stereocenters. The quantitative estimate of drug-likeness (QED) is 0.803. The topological polar surface area (TPSA) is 39.1 Å². The second kappa shape index (κ2) is 5.46. The molecule has 1 N–H and O–H groups in total. The highest BCUT2D eigenvalue weighted by molar-refractivity contribution is 5.11. The first kappa shape index (κ1) is 13.2. The van der Waals surface area contributed by atoms with Crippen LogP contribution in [-0.2, 0) is 11.8 Å². The van der Waals surface area contributed by atoms with Crippen LogP contribution in [0.3, 0.4) is 0 Å². The predicted octanol–water partition coefficient (Wildman–Crippen LogP) is 1.89. The van der Waals surface area contributed by atoms with Crippen molar-refractivity contribution in [3.05, 3.63) is 18.0 Å². The van der Waals surface area contributed by atoms with Crippen LogP contribution < -0.4 is 5.32 Å². The standard InChI is InChI=1S/C12H23N3O/c1-6-12(3,16-7-2)11(13-4)10-8-9-15(5)14-10/h8-9,11,13H,6-7H2,1-5H3. The van der Waals surface area contributed by atoms with Crippen LogP contribution in [0, 0.1) is 0 Å². The molecule has 1 heterocycles. The molecule has 16 heavy (non-hydrogen) atoms. The van der Waals surface area contributed by atoms with Crippen LogP contribution >= 0.6 is 0 Å². The Morgan fingerprint density at radius 1 is 1.56 bits per heavy atom. The molecule has 0 amide bonds. The van der Waals surface area contributed by atoms with Crippen molar-refractivity contribution in [3.8, 4) is 0 Å². The maximum Gasteiger partial charge on any atom is 0.0861 e. The third kappa shape index (κ3) is 2.62. The summed E-state index contributed by atoms with van der Waals surface area (Å²) in [5, 5.41) is 7.76. The van der Waals surface area contributed by atoms with Crippen molar-refractivity contribution >= 4 is 0 Å². The number of rotatable bonds is 6. The molecule has 1 aromatic heterocycles. The molecule has 1 aromatic rings. The largest absolute Gasteiger partial charge is 0.374 e. The van der Waals surface area contributed by atoms with Gasteiger partial charge in [-0.05, 0) is 33.4 Å². The molecule has 92 valence electrons. The first-order valence-electron chi connectivity index (χ1n) is 5.88. The summed E-state index contributed by atoms with van der Waals surface area (Å²) in [7, 11) is 3.88. The van der Waals surface area contributed by atoms with E-state index in [1.807, 2.05) is 38.0 Å². The van der Waals surface area contributed by atoms with E-state index in [1.54, 1.807) is 0 Å². The molecule has 0 bridgehead atoms. The summed E-state index contributed by atoms with van der Waals surface area (Å²) in [6.45, 7) is 7.02. The van der Waals surface area contributed by atoms with Gasteiger partial charge in [-0.15, -0.1) is 0 Å². The van der Waals surface area contributed by atoms with Crippen molar-refractivity contribution < 1.29 is 4.74 Å². The van der Waals surface area contributed by atoms with Crippen LogP contribution in [-0.4, -0.2) is 29.0 Å². The van der Waals surface area contributed by atoms with Crippen LogP contribution in [0.25, 0.3) is 0 Å². The highest BCUT2D eigenvalue weighted by Crippen LogP contribution is 2.30. The SMILES string of the molecule is CCOC(C)(CC)C(NC)c1ccn(C)n1. The molecule has 0 saturated carbocycles. The fourth-order valence-electron chi connectivity index (χ4n) is 2.07. The van der Waals surface area contributed by atoms with E-state index in [2.05, 4.69) is 24.3 Å². The van der Waals surface area contributed by atoms with Gasteiger partial charge in [-0.2, -0.15) is 5.10 Å². The molecule has 0 aromatic carbocycles. The molecule has 0 spiro atoms. The lowest BCUT2D eigenvalue weighted by molar-refractivity contribution is -0.0557. The summed E-state index contributed by atoms with van der Waals surface area (Å²) >= 11 is 0. The minimum atomic E-state index is -0.210. The van der Waals surface area contributed by atoms with E-state index in [1.165, 1.54) is 0 Å². The van der Waals surface area contributed by atoms with Gasteiger partial charge < -0.3 is 10.1 Å². The maximum atomic E-state index is 5.88. The predicted molar refractivity (Wildman–Crippen MR) is 65.3 cm³/mol. The van der Waals surface area contributed by atoms with Crippen molar-refractivity contribution in [3.63, 3.8) is 0 Å². The van der Waals surface area contributed by atoms with Gasteiger partial charge in [-0.25, -0.2) is 0 Å². The Hall–Kier alpha value is -0.870. The van der Waals surface area contributed by atoms with Crippen molar-refractivity contribution in [1.82, 2.24) is 15.1 Å². The average Bonchev–Trinajstić information content (AvgIpc) is 2.66. The molecule has 0 radical (unpaired) electrons. The molecule has 1 rings (SSSR count). The molecule has 2 atom stereocenters. The van der Waals surface area contributed by atoms with E-state index in [-0.39, 0.29) is 11.6 Å². The Kier molecular flexibility index (Phi) is 4.50. The number of nitrogens with zero attached hydrogens (tertiary/aromatic N) is 2. The van der Waals surface area contributed by atoms with Crippen molar-refractivity contribution in [2.75, 3.05) is 13.7 Å². The summed E-state index contributed by atoms with van der Waals surface area (Å²) in [5.41, 5.74) is 0.820. The number of hydrogen-bond acceptors (Lipinski definition) is 3. The highest BCUT2D eigenvalue weighted by Gasteiger charge is 2.34. The highest BCUT2D eigenvalue weighted by atomic mass is 16.5. The van der Waals surface area contributed by atoms with E-state index in [9.17, 15) is 0 Å². The van der Waals surface area contributed by atoms with Gasteiger partial charge in [0.1, 0.15) is 0 Å². The van der Waals surface area contributed by atoms with Gasteiger partial charge in [0, 0.05) is 19.9 Å². The Labute approximate surface area is 98.0 Å². The van der Waals surface area contributed by atoms with Crippen molar-refractivity contribution in [2.24, 2.45) is 7.05 Å². The summed E-state index contributed by atoms with van der Waals surface area (Å²) in [6, 6.07) is 2.16. The molecule has 4 heteroatoms. The smallest absolute Gasteiger partial charge is 0.0861 e. The summed E-state index contributed by atoms with van der Waals surface area (Å²) in [5.74, 6) is 0. The van der Waals surface area contributed by atoms with Crippen molar-refractivity contribution in [2.45, 2.75) is 38.8 Å². The first-order valence-corrected chi connectivity index (χ1v) is 5.88. The number of aromatic nitrogens is 2. The Bertz CT molecular complexity index is 324. The number of nitrogens with one attached hydrogen (secondary N) is 1. The molecule has 0 fully saturated rings. The minimum Gasteiger partial charge on any atom is -0.374 e. The lowest BCUT2D eigenvalue weighted by atomic mass is 9.91. The van der Waals surface area contributed by atoms with Crippen LogP contribution in [0.4, 0.5) is 0 Å². The normalized spacial score (nSPS) is 17.1. The van der Waals surface area contributed by atoms with Gasteiger partial charge in [-0.3, -0.25) is 4.68 Å². The van der Waals surface area contributed by atoms with E-state index in [4.69, 9.17) is 4.74 Å². The maximum absolute atomic E-state index is 5.88. The molecule has 0 aliphatic heterocycles. The van der Waals surface area contributed by atoms with Gasteiger partial charge >= 0.3 is 0 Å². The molecule has 4 nitrogen and oxygen atoms in total. The number of likely N-dealkylation sites (N-methyl/N-ethyl adjacent to an activating group) is 1. The van der Waals surface area contributed by atoms with Crippen LogP contribution in [0.1, 0.15) is 38.9 Å². The summed E-state index contributed by atoms with van der Waals surface area (Å²) in [6.07, 6.45) is 2.91. The lowest BCUT2D eigenvalue weighted by Crippen LogP contribution is -2.42. The fraction of sp³-hybridized carbons (Fsp3) is 0.750. The van der Waals surface area contributed by atoms with E-state index < -0.39 is 0 Å². The Morgan fingerprint density at radius 3 is 2.62 bits per heavy atom. The van der Waals surface area contributed by atoms with E-state index in [0.29, 0.717) is 0 Å². The monoisotopic (exact) mass is 225 g/mol. The molecule has 0 saturated heterocycles. The summed E-state index contributed by atoms with van der Waals surface area (Å²) in [4.78, 5) is 0. The zero-order valence-corrected chi connectivity index (χ0v) is 10.9. The second-order valence-corrected chi connectivity index (χ2v) is 4.24. The fourth-order valence-corrected chi connectivity index (χ4v) is 2.07. The number of aryl methyl sites for hydroxylation is 1. The molecule has 0 aliphatic rings. The van der Waals surface area contributed by atoms with E-state index >= 15 is 0 Å². The van der Waals surface area contributed by atoms with Crippen LogP contribution in [0.2, 0.25) is 0 Å². The van der Waals surface area contributed by atoms with Gasteiger partial charge in [0.25, 0.3) is 0 Å². The zero-order valence-electron chi connectivity index (χ0n) is 10.9. The number of ether oxygens (including phenoxy) is 1. The summed E-state index contributed by atoms with van der Waals surface area (Å²) < 4.78 is 7.70. The lowest BCUT2D eigenvalue weighted by Gasteiger charge is -2.35. The third-order valence-corrected chi connectivity index (χ3v) is 3.11. The van der Waals surface area contributed by atoms with Gasteiger partial charge in [0.15, 0.2) is 0 Å². The molecular weight excluding hydrogens is 202 g/mol. The number of hydrogen-bond donors (Lipinski definition) is 1. The van der Waals surface area contributed by atoms with Crippen LogP contribution in [0.15, 0.2) is 12.3 Å². The molecule has 0 aliphatic carbocycles. The first-order chi connectivity index (χ1) is 7.57. The van der Waals surface area contributed by atoms with Crippen molar-refractivity contribution in [1.29, 1.82) is 0 Å². The Balaban J connectivity index is 2.95. The van der Waals surface area contributed by atoms with E-state index in [0.717, 1.165) is 18.7 Å².